The van der Waals surface area contributed by atoms with Gasteiger partial charge in [0.05, 0.1) is 5.30 Å². The van der Waals surface area contributed by atoms with Crippen molar-refractivity contribution in [2.75, 3.05) is 0 Å². The molecule has 3 rings (SSSR count). The molecule has 21 heavy (non-hydrogen) atoms. The molecule has 0 aromatic heterocycles. The number of para-hydroxylation sites is 1. The minimum atomic E-state index is -3.65. The van der Waals surface area contributed by atoms with Gasteiger partial charge in [-0.25, -0.2) is 0 Å². The summed E-state index contributed by atoms with van der Waals surface area (Å²) in [5.74, 6) is 0.471. The third-order valence-corrected chi connectivity index (χ3v) is 5.95. The van der Waals surface area contributed by atoms with Gasteiger partial charge in [-0.05, 0) is 17.7 Å². The molecule has 5 nitrogen and oxygen atoms in total. The number of rotatable bonds is 2. The van der Waals surface area contributed by atoms with E-state index < -0.39 is 12.9 Å². The van der Waals surface area contributed by atoms with Crippen LogP contribution in [0.15, 0.2) is 48.5 Å². The summed E-state index contributed by atoms with van der Waals surface area (Å²) < 4.78 is 19.1. The van der Waals surface area contributed by atoms with Crippen molar-refractivity contribution in [3.63, 3.8) is 0 Å². The number of hydrogen-bond donors (Lipinski definition) is 3. The minimum absolute atomic E-state index is 0.455. The molecule has 0 radical (unpaired) electrons. The average molecular weight is 299 g/mol. The van der Waals surface area contributed by atoms with Gasteiger partial charge in [0.2, 0.25) is 5.53 Å². The highest BCUT2D eigenvalue weighted by Gasteiger charge is 2.50. The molecule has 0 bridgehead atoms. The quantitative estimate of drug-likeness (QED) is 0.337. The van der Waals surface area contributed by atoms with Gasteiger partial charge >= 0.3 is 7.37 Å². The van der Waals surface area contributed by atoms with Gasteiger partial charge < -0.3 is 9.84 Å². The predicted molar refractivity (Wildman–Crippen MR) is 82.8 cm³/mol. The maximum absolute atomic E-state index is 13.4. The van der Waals surface area contributed by atoms with E-state index in [1.54, 1.807) is 24.3 Å². The highest BCUT2D eigenvalue weighted by Crippen LogP contribution is 2.58. The molecule has 106 valence electrons. The second-order valence-electron chi connectivity index (χ2n) is 4.75. The lowest BCUT2D eigenvalue weighted by atomic mass is 10.0. The second-order valence-corrected chi connectivity index (χ2v) is 7.26. The summed E-state index contributed by atoms with van der Waals surface area (Å²) in [5.41, 5.74) is 11.7. The Morgan fingerprint density at radius 1 is 1.10 bits per heavy atom. The molecule has 1 heterocycles. The Hall–Kier alpha value is -2.25. The number of nitrogens with one attached hydrogen (secondary N) is 1. The van der Waals surface area contributed by atoms with E-state index in [0.29, 0.717) is 11.1 Å². The van der Waals surface area contributed by atoms with Gasteiger partial charge in [0.25, 0.3) is 0 Å². The molecule has 1 aliphatic rings. The van der Waals surface area contributed by atoms with E-state index in [4.69, 9.17) is 22.4 Å². The summed E-state index contributed by atoms with van der Waals surface area (Å²) in [7, 11) is -3.65. The normalized spacial score (nSPS) is 19.7. The monoisotopic (exact) mass is 299 g/mol. The third kappa shape index (κ3) is 1.93. The first-order valence-corrected chi connectivity index (χ1v) is 7.91. The molecule has 0 saturated carbocycles. The maximum Gasteiger partial charge on any atom is 0.332 e. The Labute approximate surface area is 122 Å². The van der Waals surface area contributed by atoms with Crippen LogP contribution in [0, 0.1) is 12.5 Å². The highest BCUT2D eigenvalue weighted by molar-refractivity contribution is 7.69. The molecule has 2 aromatic carbocycles. The summed E-state index contributed by atoms with van der Waals surface area (Å²) in [6.07, 6.45) is 5.20. The van der Waals surface area contributed by atoms with Crippen molar-refractivity contribution < 1.29 is 9.09 Å². The molecule has 0 spiro atoms. The van der Waals surface area contributed by atoms with E-state index >= 15 is 0 Å². The molecule has 1 atom stereocenters. The Morgan fingerprint density at radius 2 is 1.71 bits per heavy atom. The lowest BCUT2D eigenvalue weighted by Gasteiger charge is -2.37. The lowest BCUT2D eigenvalue weighted by molar-refractivity contribution is 0.423. The third-order valence-electron chi connectivity index (χ3n) is 3.38. The van der Waals surface area contributed by atoms with Crippen molar-refractivity contribution >= 4 is 12.7 Å². The molecular weight excluding hydrogens is 285 g/mol. The molecule has 1 unspecified atom stereocenters. The van der Waals surface area contributed by atoms with Crippen LogP contribution >= 0.6 is 7.37 Å². The highest BCUT2D eigenvalue weighted by atomic mass is 31.2. The Balaban J connectivity index is 2.29. The predicted octanol–water partition coefficient (Wildman–Crippen LogP) is 1.36. The number of fused-ring (bicyclic) bond motifs is 3. The molecule has 6 heteroatoms. The van der Waals surface area contributed by atoms with Crippen LogP contribution in [-0.2, 0) is 4.57 Å². The molecule has 1 aliphatic heterocycles. The number of terminal acetylenes is 1. The van der Waals surface area contributed by atoms with E-state index in [1.165, 1.54) is 0 Å². The number of hydrogen-bond acceptors (Lipinski definition) is 5. The van der Waals surface area contributed by atoms with Crippen LogP contribution in [0.1, 0.15) is 0 Å². The molecule has 0 fully saturated rings. The van der Waals surface area contributed by atoms with Gasteiger partial charge in [-0.2, -0.15) is 0 Å². The molecule has 2 aromatic rings. The molecule has 0 saturated heterocycles. The van der Waals surface area contributed by atoms with Crippen LogP contribution in [-0.4, -0.2) is 5.53 Å². The first-order chi connectivity index (χ1) is 9.99. The van der Waals surface area contributed by atoms with Gasteiger partial charge in [0.15, 0.2) is 0 Å². The Bertz CT molecular complexity index is 796. The second kappa shape index (κ2) is 4.64. The van der Waals surface area contributed by atoms with Crippen molar-refractivity contribution in [1.82, 2.24) is 5.32 Å². The van der Waals surface area contributed by atoms with Gasteiger partial charge in [-0.3, -0.25) is 16.0 Å². The van der Waals surface area contributed by atoms with Crippen molar-refractivity contribution in [1.29, 1.82) is 0 Å². The van der Waals surface area contributed by atoms with E-state index in [9.17, 15) is 4.57 Å². The van der Waals surface area contributed by atoms with E-state index in [1.807, 2.05) is 24.3 Å². The van der Waals surface area contributed by atoms with Crippen LogP contribution in [0.5, 0.6) is 5.75 Å². The number of nitrogens with two attached hydrogens (primary N) is 2. The lowest BCUT2D eigenvalue weighted by Crippen LogP contribution is -2.61. The van der Waals surface area contributed by atoms with Crippen molar-refractivity contribution in [2.24, 2.45) is 11.5 Å². The van der Waals surface area contributed by atoms with Crippen LogP contribution in [0.4, 0.5) is 0 Å². The minimum Gasteiger partial charge on any atom is -0.436 e. The fraction of sp³-hybridized carbons (Fsp3) is 0.0667. The Kier molecular flexibility index (Phi) is 3.03. The largest absolute Gasteiger partial charge is 0.436 e. The zero-order valence-corrected chi connectivity index (χ0v) is 12.0. The van der Waals surface area contributed by atoms with Crippen LogP contribution in [0.25, 0.3) is 11.1 Å². The molecule has 0 amide bonds. The van der Waals surface area contributed by atoms with Crippen molar-refractivity contribution in [3.8, 4) is 29.3 Å². The SMILES string of the molecule is C#CNC(N)(N)P1(=O)Oc2ccccc2-c2ccccc21. The smallest absolute Gasteiger partial charge is 0.332 e. The average Bonchev–Trinajstić information content (AvgIpc) is 2.47. The fourth-order valence-corrected chi connectivity index (χ4v) is 4.47. The van der Waals surface area contributed by atoms with Gasteiger partial charge in [-0.15, -0.1) is 0 Å². The Morgan fingerprint density at radius 3 is 2.43 bits per heavy atom. The zero-order valence-electron chi connectivity index (χ0n) is 11.1. The van der Waals surface area contributed by atoms with E-state index in [-0.39, 0.29) is 0 Å². The van der Waals surface area contributed by atoms with Crippen LogP contribution in [0.3, 0.4) is 0 Å². The number of benzene rings is 2. The standard InChI is InChI=1S/C15H14N3O2P/c1-2-18-15(16,17)21(19)14-10-6-4-8-12(14)11-7-3-5-9-13(11)20-21/h1,3-10,18H,16-17H2. The van der Waals surface area contributed by atoms with Crippen LogP contribution < -0.4 is 26.6 Å². The van der Waals surface area contributed by atoms with Crippen molar-refractivity contribution in [3.05, 3.63) is 48.5 Å². The van der Waals surface area contributed by atoms with E-state index in [2.05, 4.69) is 11.4 Å². The summed E-state index contributed by atoms with van der Waals surface area (Å²) in [6.45, 7) is 0. The van der Waals surface area contributed by atoms with Crippen LogP contribution in [0.2, 0.25) is 0 Å². The van der Waals surface area contributed by atoms with Gasteiger partial charge in [0, 0.05) is 11.6 Å². The fourth-order valence-electron chi connectivity index (χ4n) is 2.38. The van der Waals surface area contributed by atoms with Gasteiger partial charge in [0.1, 0.15) is 5.75 Å². The summed E-state index contributed by atoms with van der Waals surface area (Å²) >= 11 is 0. The first kappa shape index (κ1) is 13.7. The molecule has 5 N–H and O–H groups in total. The van der Waals surface area contributed by atoms with E-state index in [0.717, 1.165) is 11.1 Å². The first-order valence-electron chi connectivity index (χ1n) is 6.29. The zero-order chi connectivity index (χ0) is 15.1. The topological polar surface area (TPSA) is 90.4 Å². The molecular formula is C15H14N3O2P. The maximum atomic E-state index is 13.4. The van der Waals surface area contributed by atoms with Gasteiger partial charge in [-0.1, -0.05) is 42.8 Å². The van der Waals surface area contributed by atoms with Crippen molar-refractivity contribution in [2.45, 2.75) is 5.53 Å². The summed E-state index contributed by atoms with van der Waals surface area (Å²) in [5, 5.41) is 2.85. The summed E-state index contributed by atoms with van der Waals surface area (Å²) in [6, 6.07) is 16.6. The molecule has 0 aliphatic carbocycles. The summed E-state index contributed by atoms with van der Waals surface area (Å²) in [4.78, 5) is 0.